The Labute approximate surface area is 220 Å². The van der Waals surface area contributed by atoms with E-state index in [1.165, 1.54) is 10.8 Å². The Morgan fingerprint density at radius 3 is 2.58 bits per heavy atom. The van der Waals surface area contributed by atoms with E-state index in [0.29, 0.717) is 11.6 Å². The SMILES string of the molecule is O=Cc1ccc(-n2c3ccccc3c3c(-c4cnc5ccccc5c4)cccc32)cc1NC1CCOCC1. The number of aldehydes is 1. The van der Waals surface area contributed by atoms with Crippen molar-refractivity contribution in [2.45, 2.75) is 18.9 Å². The lowest BCUT2D eigenvalue weighted by atomic mass is 9.99. The Morgan fingerprint density at radius 1 is 0.868 bits per heavy atom. The van der Waals surface area contributed by atoms with Crippen LogP contribution in [0.2, 0.25) is 0 Å². The van der Waals surface area contributed by atoms with E-state index in [-0.39, 0.29) is 0 Å². The Hall–Kier alpha value is -4.48. The molecule has 2 aromatic heterocycles. The number of hydrogen-bond acceptors (Lipinski definition) is 4. The Balaban J connectivity index is 1.43. The summed E-state index contributed by atoms with van der Waals surface area (Å²) in [6.07, 6.45) is 4.77. The summed E-state index contributed by atoms with van der Waals surface area (Å²) >= 11 is 0. The van der Waals surface area contributed by atoms with E-state index in [1.807, 2.05) is 30.5 Å². The third kappa shape index (κ3) is 3.83. The van der Waals surface area contributed by atoms with Gasteiger partial charge in [-0.3, -0.25) is 9.78 Å². The zero-order valence-electron chi connectivity index (χ0n) is 20.9. The zero-order valence-corrected chi connectivity index (χ0v) is 20.9. The van der Waals surface area contributed by atoms with Crippen molar-refractivity contribution in [2.75, 3.05) is 18.5 Å². The Morgan fingerprint density at radius 2 is 1.68 bits per heavy atom. The van der Waals surface area contributed by atoms with Crippen molar-refractivity contribution >= 4 is 44.7 Å². The van der Waals surface area contributed by atoms with Crippen molar-refractivity contribution in [1.82, 2.24) is 9.55 Å². The minimum atomic E-state index is 0.294. The van der Waals surface area contributed by atoms with Gasteiger partial charge in [-0.15, -0.1) is 0 Å². The molecule has 1 fully saturated rings. The number of benzene rings is 4. The molecule has 38 heavy (non-hydrogen) atoms. The third-order valence-corrected chi connectivity index (χ3v) is 7.60. The molecule has 3 heterocycles. The van der Waals surface area contributed by atoms with Gasteiger partial charge in [-0.1, -0.05) is 48.5 Å². The number of para-hydroxylation sites is 2. The molecule has 0 aliphatic carbocycles. The molecule has 4 aromatic carbocycles. The van der Waals surface area contributed by atoms with Gasteiger partial charge in [-0.2, -0.15) is 0 Å². The molecule has 0 atom stereocenters. The summed E-state index contributed by atoms with van der Waals surface area (Å²) in [5, 5.41) is 7.12. The number of fused-ring (bicyclic) bond motifs is 4. The summed E-state index contributed by atoms with van der Waals surface area (Å²) in [5.41, 5.74) is 8.04. The van der Waals surface area contributed by atoms with Crippen LogP contribution in [0.5, 0.6) is 0 Å². The van der Waals surface area contributed by atoms with E-state index < -0.39 is 0 Å². The van der Waals surface area contributed by atoms with Crippen molar-refractivity contribution < 1.29 is 9.53 Å². The molecule has 1 aliphatic heterocycles. The van der Waals surface area contributed by atoms with Crippen LogP contribution in [-0.2, 0) is 4.74 Å². The summed E-state index contributed by atoms with van der Waals surface area (Å²) < 4.78 is 7.82. The second kappa shape index (κ2) is 9.43. The number of pyridine rings is 1. The summed E-state index contributed by atoms with van der Waals surface area (Å²) in [5.74, 6) is 0. The molecule has 6 aromatic rings. The molecule has 1 aliphatic rings. The summed E-state index contributed by atoms with van der Waals surface area (Å²) in [7, 11) is 0. The molecule has 5 heteroatoms. The number of hydrogen-bond donors (Lipinski definition) is 1. The van der Waals surface area contributed by atoms with Gasteiger partial charge < -0.3 is 14.6 Å². The maximum atomic E-state index is 11.9. The van der Waals surface area contributed by atoms with Gasteiger partial charge in [0.1, 0.15) is 0 Å². The van der Waals surface area contributed by atoms with Gasteiger partial charge in [0.15, 0.2) is 6.29 Å². The number of carbonyl (C=O) groups is 1. The average molecular weight is 498 g/mol. The van der Waals surface area contributed by atoms with Crippen LogP contribution < -0.4 is 5.32 Å². The van der Waals surface area contributed by atoms with Crippen LogP contribution in [0.4, 0.5) is 5.69 Å². The third-order valence-electron chi connectivity index (χ3n) is 7.60. The molecule has 7 rings (SSSR count). The molecule has 0 bridgehead atoms. The quantitative estimate of drug-likeness (QED) is 0.252. The lowest BCUT2D eigenvalue weighted by molar-refractivity contribution is 0.0904. The number of anilines is 1. The van der Waals surface area contributed by atoms with Gasteiger partial charge in [-0.05, 0) is 60.9 Å². The normalized spacial score (nSPS) is 14.3. The van der Waals surface area contributed by atoms with Gasteiger partial charge in [0.05, 0.1) is 16.6 Å². The van der Waals surface area contributed by atoms with Crippen LogP contribution in [-0.4, -0.2) is 35.1 Å². The van der Waals surface area contributed by atoms with E-state index in [4.69, 9.17) is 9.72 Å². The summed E-state index contributed by atoms with van der Waals surface area (Å²) in [6, 6.07) is 31.8. The van der Waals surface area contributed by atoms with Crippen LogP contribution in [0.25, 0.3) is 49.5 Å². The Bertz CT molecular complexity index is 1810. The smallest absolute Gasteiger partial charge is 0.152 e. The van der Waals surface area contributed by atoms with E-state index in [1.54, 1.807) is 0 Å². The molecule has 186 valence electrons. The highest BCUT2D eigenvalue weighted by molar-refractivity contribution is 6.16. The highest BCUT2D eigenvalue weighted by Gasteiger charge is 2.19. The van der Waals surface area contributed by atoms with Gasteiger partial charge in [0, 0.05) is 64.1 Å². The second-order valence-corrected chi connectivity index (χ2v) is 9.89. The highest BCUT2D eigenvalue weighted by atomic mass is 16.5. The molecule has 5 nitrogen and oxygen atoms in total. The molecule has 1 N–H and O–H groups in total. The summed E-state index contributed by atoms with van der Waals surface area (Å²) in [6.45, 7) is 1.49. The minimum Gasteiger partial charge on any atom is -0.381 e. The maximum Gasteiger partial charge on any atom is 0.152 e. The monoisotopic (exact) mass is 497 g/mol. The number of nitrogens with one attached hydrogen (secondary N) is 1. The molecule has 0 spiro atoms. The predicted molar refractivity (Wildman–Crippen MR) is 154 cm³/mol. The minimum absolute atomic E-state index is 0.294. The fraction of sp³-hybridized carbons (Fsp3) is 0.152. The maximum absolute atomic E-state index is 11.9. The van der Waals surface area contributed by atoms with Crippen LogP contribution in [0.3, 0.4) is 0 Å². The molecule has 0 unspecified atom stereocenters. The van der Waals surface area contributed by atoms with Gasteiger partial charge in [0.25, 0.3) is 0 Å². The number of carbonyl (C=O) groups excluding carboxylic acids is 1. The second-order valence-electron chi connectivity index (χ2n) is 9.89. The molecule has 0 radical (unpaired) electrons. The molecular formula is C33H27N3O2. The molecule has 0 saturated carbocycles. The van der Waals surface area contributed by atoms with Crippen LogP contribution in [0, 0.1) is 0 Å². The van der Waals surface area contributed by atoms with Crippen LogP contribution in [0.1, 0.15) is 23.2 Å². The molecule has 1 saturated heterocycles. The van der Waals surface area contributed by atoms with Crippen molar-refractivity contribution in [3.8, 4) is 16.8 Å². The number of ether oxygens (including phenoxy) is 1. The van der Waals surface area contributed by atoms with Crippen molar-refractivity contribution in [2.24, 2.45) is 0 Å². The summed E-state index contributed by atoms with van der Waals surface area (Å²) in [4.78, 5) is 16.6. The molecular weight excluding hydrogens is 470 g/mol. The first kappa shape index (κ1) is 22.7. The lowest BCUT2D eigenvalue weighted by Crippen LogP contribution is -2.28. The van der Waals surface area contributed by atoms with Gasteiger partial charge in [-0.25, -0.2) is 0 Å². The molecule has 0 amide bonds. The zero-order chi connectivity index (χ0) is 25.5. The van der Waals surface area contributed by atoms with E-state index in [9.17, 15) is 4.79 Å². The fourth-order valence-electron chi connectivity index (χ4n) is 5.73. The van der Waals surface area contributed by atoms with Crippen LogP contribution in [0.15, 0.2) is 97.2 Å². The van der Waals surface area contributed by atoms with Crippen molar-refractivity contribution in [1.29, 1.82) is 0 Å². The number of nitrogens with zero attached hydrogens (tertiary/aromatic N) is 2. The average Bonchev–Trinajstić information content (AvgIpc) is 3.32. The van der Waals surface area contributed by atoms with Crippen molar-refractivity contribution in [3.63, 3.8) is 0 Å². The number of aromatic nitrogens is 2. The highest BCUT2D eigenvalue weighted by Crippen LogP contribution is 2.39. The standard InChI is InChI=1S/C33H27N3O2/c37-21-23-12-13-26(19-30(23)35-25-14-16-38-17-15-25)36-31-10-4-2-7-28(31)33-27(8-5-11-32(33)36)24-18-22-6-1-3-9-29(22)34-20-24/h1-13,18-21,25,35H,14-17H2. The van der Waals surface area contributed by atoms with Crippen LogP contribution >= 0.6 is 0 Å². The van der Waals surface area contributed by atoms with E-state index in [0.717, 1.165) is 76.8 Å². The number of rotatable bonds is 5. The topological polar surface area (TPSA) is 56.2 Å². The first-order valence-corrected chi connectivity index (χ1v) is 13.1. The van der Waals surface area contributed by atoms with Crippen molar-refractivity contribution in [3.05, 3.63) is 103 Å². The van der Waals surface area contributed by atoms with E-state index >= 15 is 0 Å². The van der Waals surface area contributed by atoms with E-state index in [2.05, 4.69) is 76.6 Å². The van der Waals surface area contributed by atoms with Gasteiger partial charge >= 0.3 is 0 Å². The largest absolute Gasteiger partial charge is 0.381 e. The van der Waals surface area contributed by atoms with Gasteiger partial charge in [0.2, 0.25) is 0 Å². The first-order chi connectivity index (χ1) is 18.8. The Kier molecular flexibility index (Phi) is 5.64. The first-order valence-electron chi connectivity index (χ1n) is 13.1. The fourth-order valence-corrected chi connectivity index (χ4v) is 5.73. The lowest BCUT2D eigenvalue weighted by Gasteiger charge is -2.25. The predicted octanol–water partition coefficient (Wildman–Crippen LogP) is 7.40.